The maximum Gasteiger partial charge on any atom is 0.252 e. The Kier molecular flexibility index (Phi) is 4.88. The largest absolute Gasteiger partial charge is 0.463 e. The van der Waals surface area contributed by atoms with E-state index in [0.29, 0.717) is 22.7 Å². The smallest absolute Gasteiger partial charge is 0.252 e. The molecule has 0 aliphatic rings. The van der Waals surface area contributed by atoms with Gasteiger partial charge in [-0.25, -0.2) is 9.67 Å². The second-order valence-corrected chi connectivity index (χ2v) is 6.44. The average Bonchev–Trinajstić information content (AvgIpc) is 3.27. The van der Waals surface area contributed by atoms with Crippen LogP contribution in [0.3, 0.4) is 0 Å². The predicted molar refractivity (Wildman–Crippen MR) is 97.5 cm³/mol. The van der Waals surface area contributed by atoms with Crippen LogP contribution in [0.1, 0.15) is 56.9 Å². The number of carbonyl (C=O) groups excluding carboxylic acids is 1. The summed E-state index contributed by atoms with van der Waals surface area (Å²) in [6, 6.07) is 5.73. The highest BCUT2D eigenvalue weighted by atomic mass is 16.3. The summed E-state index contributed by atoms with van der Waals surface area (Å²) in [6.45, 7) is 8.22. The van der Waals surface area contributed by atoms with Crippen LogP contribution in [-0.4, -0.2) is 26.7 Å². The molecule has 0 saturated carbocycles. The van der Waals surface area contributed by atoms with Gasteiger partial charge in [0.05, 0.1) is 23.4 Å². The Bertz CT molecular complexity index is 861. The van der Waals surface area contributed by atoms with Crippen molar-refractivity contribution in [1.29, 1.82) is 0 Å². The van der Waals surface area contributed by atoms with Crippen molar-refractivity contribution >= 4 is 16.9 Å². The van der Waals surface area contributed by atoms with Crippen molar-refractivity contribution in [1.82, 2.24) is 20.1 Å². The molecule has 6 heteroatoms. The molecule has 1 amide bonds. The topological polar surface area (TPSA) is 73.0 Å². The third-order valence-corrected chi connectivity index (χ3v) is 4.39. The molecule has 3 aromatic rings. The Balaban J connectivity index is 2.14. The molecule has 3 heterocycles. The zero-order valence-electron chi connectivity index (χ0n) is 15.1. The lowest BCUT2D eigenvalue weighted by Gasteiger charge is -2.15. The molecule has 0 aromatic carbocycles. The van der Waals surface area contributed by atoms with Gasteiger partial charge in [-0.05, 0) is 44.9 Å². The number of carbonyl (C=O) groups is 1. The van der Waals surface area contributed by atoms with E-state index in [-0.39, 0.29) is 18.0 Å². The molecule has 0 bridgehead atoms. The number of rotatable bonds is 6. The predicted octanol–water partition coefficient (Wildman–Crippen LogP) is 4.19. The highest BCUT2D eigenvalue weighted by Gasteiger charge is 2.20. The van der Waals surface area contributed by atoms with Crippen molar-refractivity contribution in [2.75, 3.05) is 0 Å². The fourth-order valence-electron chi connectivity index (χ4n) is 2.89. The van der Waals surface area contributed by atoms with E-state index in [0.717, 1.165) is 18.2 Å². The number of pyridine rings is 1. The Morgan fingerprint density at radius 2 is 2.08 bits per heavy atom. The molecule has 0 saturated heterocycles. The lowest BCUT2D eigenvalue weighted by atomic mass is 10.1. The molecule has 1 N–H and O–H groups in total. The molecule has 3 rings (SSSR count). The van der Waals surface area contributed by atoms with E-state index >= 15 is 0 Å². The maximum atomic E-state index is 12.9. The number of fused-ring (bicyclic) bond motifs is 1. The first-order valence-corrected chi connectivity index (χ1v) is 8.78. The van der Waals surface area contributed by atoms with Crippen molar-refractivity contribution < 1.29 is 9.21 Å². The Morgan fingerprint density at radius 3 is 2.68 bits per heavy atom. The number of amides is 1. The molecular weight excluding hydrogens is 316 g/mol. The molecule has 25 heavy (non-hydrogen) atoms. The van der Waals surface area contributed by atoms with Crippen LogP contribution in [0, 0.1) is 0 Å². The average molecular weight is 340 g/mol. The van der Waals surface area contributed by atoms with Crippen LogP contribution in [0.4, 0.5) is 0 Å². The van der Waals surface area contributed by atoms with Gasteiger partial charge in [0, 0.05) is 12.1 Å². The van der Waals surface area contributed by atoms with Crippen LogP contribution < -0.4 is 5.32 Å². The van der Waals surface area contributed by atoms with Gasteiger partial charge in [0.2, 0.25) is 0 Å². The molecule has 0 unspecified atom stereocenters. The normalized spacial score (nSPS) is 11.6. The first-order chi connectivity index (χ1) is 12.0. The third kappa shape index (κ3) is 3.29. The third-order valence-electron chi connectivity index (χ3n) is 4.39. The highest BCUT2D eigenvalue weighted by molar-refractivity contribution is 6.06. The number of hydrogen-bond donors (Lipinski definition) is 1. The zero-order valence-corrected chi connectivity index (χ0v) is 15.1. The molecule has 0 atom stereocenters. The van der Waals surface area contributed by atoms with E-state index in [1.54, 1.807) is 18.5 Å². The molecule has 6 nitrogen and oxygen atoms in total. The number of nitrogens with one attached hydrogen (secondary N) is 1. The van der Waals surface area contributed by atoms with Gasteiger partial charge < -0.3 is 9.73 Å². The first kappa shape index (κ1) is 17.2. The number of furan rings is 1. The molecule has 0 aliphatic carbocycles. The van der Waals surface area contributed by atoms with Gasteiger partial charge in [-0.3, -0.25) is 4.79 Å². The molecule has 132 valence electrons. The molecule has 0 radical (unpaired) electrons. The Labute approximate surface area is 147 Å². The van der Waals surface area contributed by atoms with Crippen LogP contribution in [0.15, 0.2) is 35.1 Å². The summed E-state index contributed by atoms with van der Waals surface area (Å²) in [5, 5.41) is 8.28. The summed E-state index contributed by atoms with van der Waals surface area (Å²) in [5.41, 5.74) is 1.91. The van der Waals surface area contributed by atoms with Crippen LogP contribution in [-0.2, 0) is 0 Å². The van der Waals surface area contributed by atoms with Crippen molar-refractivity contribution in [2.45, 2.75) is 52.6 Å². The molecule has 0 aliphatic heterocycles. The fourth-order valence-corrected chi connectivity index (χ4v) is 2.89. The van der Waals surface area contributed by atoms with E-state index in [1.807, 2.05) is 30.7 Å². The standard InChI is InChI=1S/C19H24N4O2/c1-5-13(6-2)21-19(24)14-10-16(17-8-7-9-25-17)22-18-15(14)11-20-23(18)12(3)4/h7-13H,5-6H2,1-4H3,(H,21,24). The second kappa shape index (κ2) is 7.09. The molecular formula is C19H24N4O2. The Hall–Kier alpha value is -2.63. The lowest BCUT2D eigenvalue weighted by Crippen LogP contribution is -2.34. The number of aromatic nitrogens is 3. The van der Waals surface area contributed by atoms with E-state index in [1.165, 1.54) is 0 Å². The minimum atomic E-state index is -0.0998. The monoisotopic (exact) mass is 340 g/mol. The zero-order chi connectivity index (χ0) is 18.0. The summed E-state index contributed by atoms with van der Waals surface area (Å²) in [4.78, 5) is 17.6. The van der Waals surface area contributed by atoms with Gasteiger partial charge in [-0.2, -0.15) is 5.10 Å². The van der Waals surface area contributed by atoms with Crippen molar-refractivity contribution in [3.63, 3.8) is 0 Å². The molecule has 3 aromatic heterocycles. The van der Waals surface area contributed by atoms with E-state index < -0.39 is 0 Å². The van der Waals surface area contributed by atoms with Crippen LogP contribution in [0.5, 0.6) is 0 Å². The van der Waals surface area contributed by atoms with Gasteiger partial charge in [-0.15, -0.1) is 0 Å². The van der Waals surface area contributed by atoms with Gasteiger partial charge >= 0.3 is 0 Å². The van der Waals surface area contributed by atoms with Gasteiger partial charge in [-0.1, -0.05) is 13.8 Å². The van der Waals surface area contributed by atoms with Crippen LogP contribution >= 0.6 is 0 Å². The van der Waals surface area contributed by atoms with Crippen molar-refractivity contribution in [2.24, 2.45) is 0 Å². The second-order valence-electron chi connectivity index (χ2n) is 6.44. The van der Waals surface area contributed by atoms with Gasteiger partial charge in [0.25, 0.3) is 5.91 Å². The minimum Gasteiger partial charge on any atom is -0.463 e. The summed E-state index contributed by atoms with van der Waals surface area (Å²) >= 11 is 0. The van der Waals surface area contributed by atoms with E-state index in [4.69, 9.17) is 4.42 Å². The van der Waals surface area contributed by atoms with Crippen LogP contribution in [0.25, 0.3) is 22.5 Å². The fraction of sp³-hybridized carbons (Fsp3) is 0.421. The minimum absolute atomic E-state index is 0.0998. The van der Waals surface area contributed by atoms with E-state index in [2.05, 4.69) is 29.2 Å². The number of nitrogens with zero attached hydrogens (tertiary/aromatic N) is 3. The Morgan fingerprint density at radius 1 is 1.32 bits per heavy atom. The summed E-state index contributed by atoms with van der Waals surface area (Å²) < 4.78 is 7.31. The number of hydrogen-bond acceptors (Lipinski definition) is 4. The summed E-state index contributed by atoms with van der Waals surface area (Å²) in [6.07, 6.45) is 5.11. The van der Waals surface area contributed by atoms with E-state index in [9.17, 15) is 4.79 Å². The quantitative estimate of drug-likeness (QED) is 0.730. The van der Waals surface area contributed by atoms with Gasteiger partial charge in [0.1, 0.15) is 5.69 Å². The lowest BCUT2D eigenvalue weighted by molar-refractivity contribution is 0.0936. The SMILES string of the molecule is CCC(CC)NC(=O)c1cc(-c2ccco2)nc2c1cnn2C(C)C. The van der Waals surface area contributed by atoms with Gasteiger partial charge in [0.15, 0.2) is 11.4 Å². The maximum absolute atomic E-state index is 12.9. The van der Waals surface area contributed by atoms with Crippen molar-refractivity contribution in [3.8, 4) is 11.5 Å². The summed E-state index contributed by atoms with van der Waals surface area (Å²) in [7, 11) is 0. The first-order valence-electron chi connectivity index (χ1n) is 8.78. The summed E-state index contributed by atoms with van der Waals surface area (Å²) in [5.74, 6) is 0.534. The molecule has 0 spiro atoms. The molecule has 0 fully saturated rings. The van der Waals surface area contributed by atoms with Crippen molar-refractivity contribution in [3.05, 3.63) is 36.2 Å². The van der Waals surface area contributed by atoms with Crippen LogP contribution in [0.2, 0.25) is 0 Å². The highest BCUT2D eigenvalue weighted by Crippen LogP contribution is 2.26.